The minimum atomic E-state index is -0.490. The van der Waals surface area contributed by atoms with Crippen LogP contribution in [0.4, 0.5) is 0 Å². The number of aromatic nitrogens is 1. The van der Waals surface area contributed by atoms with E-state index in [0.717, 1.165) is 13.0 Å². The van der Waals surface area contributed by atoms with E-state index in [-0.39, 0.29) is 11.8 Å². The number of ether oxygens (including phenoxy) is 2. The number of oxazole rings is 1. The number of rotatable bonds is 5. The standard InChI is InChI=1S/C13H20N2O4/c1-3-17-12(16)11-9-19-13(14-11)18-8-10-6-4-5-7-15(10)2/h9-10H,3-8H2,1-2H3. The van der Waals surface area contributed by atoms with Crippen molar-refractivity contribution < 1.29 is 18.7 Å². The van der Waals surface area contributed by atoms with Gasteiger partial charge in [-0.05, 0) is 33.4 Å². The van der Waals surface area contributed by atoms with Crippen LogP contribution >= 0.6 is 0 Å². The first kappa shape index (κ1) is 13.9. The normalized spacial score (nSPS) is 20.2. The number of hydrogen-bond acceptors (Lipinski definition) is 6. The summed E-state index contributed by atoms with van der Waals surface area (Å²) in [4.78, 5) is 17.6. The lowest BCUT2D eigenvalue weighted by molar-refractivity contribution is 0.0519. The fraction of sp³-hybridized carbons (Fsp3) is 0.692. The summed E-state index contributed by atoms with van der Waals surface area (Å²) in [6.07, 6.45) is 4.96. The number of esters is 1. The molecule has 106 valence electrons. The first-order valence-corrected chi connectivity index (χ1v) is 6.66. The van der Waals surface area contributed by atoms with Gasteiger partial charge in [0.05, 0.1) is 6.61 Å². The largest absolute Gasteiger partial charge is 0.461 e. The van der Waals surface area contributed by atoms with Gasteiger partial charge in [0.25, 0.3) is 0 Å². The Balaban J connectivity index is 1.84. The van der Waals surface area contributed by atoms with Crippen LogP contribution in [-0.2, 0) is 4.74 Å². The van der Waals surface area contributed by atoms with Crippen molar-refractivity contribution in [3.63, 3.8) is 0 Å². The summed E-state index contributed by atoms with van der Waals surface area (Å²) in [5.74, 6) is -0.490. The molecule has 6 nitrogen and oxygen atoms in total. The molecule has 1 aromatic heterocycles. The number of likely N-dealkylation sites (tertiary alicyclic amines) is 1. The highest BCUT2D eigenvalue weighted by atomic mass is 16.6. The number of piperidine rings is 1. The molecule has 0 saturated carbocycles. The third-order valence-electron chi connectivity index (χ3n) is 3.29. The molecule has 1 aromatic rings. The minimum Gasteiger partial charge on any atom is -0.461 e. The molecule has 0 radical (unpaired) electrons. The van der Waals surface area contributed by atoms with Gasteiger partial charge in [0.1, 0.15) is 12.9 Å². The molecule has 6 heteroatoms. The van der Waals surface area contributed by atoms with Crippen molar-refractivity contribution in [3.8, 4) is 6.08 Å². The van der Waals surface area contributed by atoms with Gasteiger partial charge in [0.2, 0.25) is 0 Å². The van der Waals surface area contributed by atoms with Crippen LogP contribution in [0.2, 0.25) is 0 Å². The van der Waals surface area contributed by atoms with Gasteiger partial charge >= 0.3 is 12.0 Å². The lowest BCUT2D eigenvalue weighted by atomic mass is 10.0. The Labute approximate surface area is 112 Å². The van der Waals surface area contributed by atoms with E-state index in [1.54, 1.807) is 6.92 Å². The highest BCUT2D eigenvalue weighted by Gasteiger charge is 2.21. The Morgan fingerprint density at radius 2 is 2.42 bits per heavy atom. The molecule has 1 fully saturated rings. The Kier molecular flexibility index (Phi) is 4.79. The van der Waals surface area contributed by atoms with E-state index < -0.39 is 5.97 Å². The summed E-state index contributed by atoms with van der Waals surface area (Å²) in [5, 5.41) is 0. The third kappa shape index (κ3) is 3.70. The summed E-state index contributed by atoms with van der Waals surface area (Å²) in [7, 11) is 2.09. The van der Waals surface area contributed by atoms with Crippen molar-refractivity contribution >= 4 is 5.97 Å². The van der Waals surface area contributed by atoms with Crippen LogP contribution in [0.3, 0.4) is 0 Å². The van der Waals surface area contributed by atoms with E-state index in [1.165, 1.54) is 19.1 Å². The molecular weight excluding hydrogens is 248 g/mol. The van der Waals surface area contributed by atoms with Crippen LogP contribution in [-0.4, -0.2) is 48.7 Å². The molecule has 0 aromatic carbocycles. The minimum absolute atomic E-state index is 0.127. The van der Waals surface area contributed by atoms with Crippen LogP contribution < -0.4 is 4.74 Å². The smallest absolute Gasteiger partial charge is 0.394 e. The highest BCUT2D eigenvalue weighted by molar-refractivity contribution is 5.86. The molecule has 1 saturated heterocycles. The van der Waals surface area contributed by atoms with Crippen LogP contribution in [0.1, 0.15) is 36.7 Å². The molecule has 0 spiro atoms. The molecule has 0 aliphatic carbocycles. The van der Waals surface area contributed by atoms with Crippen LogP contribution in [0.25, 0.3) is 0 Å². The fourth-order valence-corrected chi connectivity index (χ4v) is 2.14. The van der Waals surface area contributed by atoms with E-state index >= 15 is 0 Å². The van der Waals surface area contributed by atoms with Gasteiger partial charge in [-0.3, -0.25) is 0 Å². The number of hydrogen-bond donors (Lipinski definition) is 0. The van der Waals surface area contributed by atoms with Crippen molar-refractivity contribution in [1.29, 1.82) is 0 Å². The number of carbonyl (C=O) groups is 1. The van der Waals surface area contributed by atoms with Crippen molar-refractivity contribution in [2.24, 2.45) is 0 Å². The zero-order valence-corrected chi connectivity index (χ0v) is 11.4. The predicted molar refractivity (Wildman–Crippen MR) is 68.2 cm³/mol. The van der Waals surface area contributed by atoms with E-state index in [0.29, 0.717) is 19.3 Å². The van der Waals surface area contributed by atoms with Gasteiger partial charge in [-0.2, -0.15) is 4.98 Å². The highest BCUT2D eigenvalue weighted by Crippen LogP contribution is 2.17. The zero-order chi connectivity index (χ0) is 13.7. The van der Waals surface area contributed by atoms with E-state index in [9.17, 15) is 4.79 Å². The topological polar surface area (TPSA) is 64.8 Å². The average Bonchev–Trinajstić information content (AvgIpc) is 2.87. The Hall–Kier alpha value is -1.56. The second kappa shape index (κ2) is 6.56. The van der Waals surface area contributed by atoms with Gasteiger partial charge in [0, 0.05) is 6.04 Å². The SMILES string of the molecule is CCOC(=O)c1coc(OCC2CCCCN2C)n1. The summed E-state index contributed by atoms with van der Waals surface area (Å²) in [6.45, 7) is 3.68. The van der Waals surface area contributed by atoms with Gasteiger partial charge in [0.15, 0.2) is 5.69 Å². The van der Waals surface area contributed by atoms with Gasteiger partial charge in [-0.25, -0.2) is 4.79 Å². The number of likely N-dealkylation sites (N-methyl/N-ethyl adjacent to an activating group) is 1. The maximum atomic E-state index is 11.4. The molecule has 0 bridgehead atoms. The molecule has 1 unspecified atom stereocenters. The van der Waals surface area contributed by atoms with Crippen molar-refractivity contribution in [1.82, 2.24) is 9.88 Å². The van der Waals surface area contributed by atoms with Crippen molar-refractivity contribution in [2.45, 2.75) is 32.2 Å². The molecular formula is C13H20N2O4. The molecule has 2 rings (SSSR count). The van der Waals surface area contributed by atoms with E-state index in [4.69, 9.17) is 13.9 Å². The zero-order valence-electron chi connectivity index (χ0n) is 11.4. The molecule has 1 atom stereocenters. The lowest BCUT2D eigenvalue weighted by Gasteiger charge is -2.31. The molecule has 1 aliphatic heterocycles. The predicted octanol–water partition coefficient (Wildman–Crippen LogP) is 1.71. The Morgan fingerprint density at radius 1 is 1.58 bits per heavy atom. The maximum Gasteiger partial charge on any atom is 0.394 e. The van der Waals surface area contributed by atoms with E-state index in [1.807, 2.05) is 0 Å². The van der Waals surface area contributed by atoms with Crippen molar-refractivity contribution in [2.75, 3.05) is 26.8 Å². The molecule has 1 aliphatic rings. The molecule has 0 N–H and O–H groups in total. The second-order valence-electron chi connectivity index (χ2n) is 4.66. The lowest BCUT2D eigenvalue weighted by Crippen LogP contribution is -2.40. The summed E-state index contributed by atoms with van der Waals surface area (Å²) in [5.41, 5.74) is 0.147. The first-order valence-electron chi connectivity index (χ1n) is 6.66. The van der Waals surface area contributed by atoms with Crippen LogP contribution in [0.5, 0.6) is 6.08 Å². The maximum absolute atomic E-state index is 11.4. The van der Waals surface area contributed by atoms with Crippen molar-refractivity contribution in [3.05, 3.63) is 12.0 Å². The molecule has 19 heavy (non-hydrogen) atoms. The van der Waals surface area contributed by atoms with Gasteiger partial charge < -0.3 is 18.8 Å². The van der Waals surface area contributed by atoms with Crippen LogP contribution in [0, 0.1) is 0 Å². The summed E-state index contributed by atoms with van der Waals surface area (Å²) in [6, 6.07) is 0.381. The Bertz CT molecular complexity index is 419. The third-order valence-corrected chi connectivity index (χ3v) is 3.29. The Morgan fingerprint density at radius 3 is 3.16 bits per heavy atom. The summed E-state index contributed by atoms with van der Waals surface area (Å²) >= 11 is 0. The second-order valence-corrected chi connectivity index (χ2v) is 4.66. The summed E-state index contributed by atoms with van der Waals surface area (Å²) < 4.78 is 15.4. The number of nitrogens with zero attached hydrogens (tertiary/aromatic N) is 2. The first-order chi connectivity index (χ1) is 9.20. The monoisotopic (exact) mass is 268 g/mol. The number of carbonyl (C=O) groups excluding carboxylic acids is 1. The molecule has 0 amide bonds. The van der Waals surface area contributed by atoms with Gasteiger partial charge in [-0.15, -0.1) is 0 Å². The quantitative estimate of drug-likeness (QED) is 0.757. The van der Waals surface area contributed by atoms with Gasteiger partial charge in [-0.1, -0.05) is 6.42 Å². The van der Waals surface area contributed by atoms with Crippen LogP contribution in [0.15, 0.2) is 10.7 Å². The van der Waals surface area contributed by atoms with E-state index in [2.05, 4.69) is 16.9 Å². The molecule has 2 heterocycles. The fourth-order valence-electron chi connectivity index (χ4n) is 2.14. The average molecular weight is 268 g/mol.